The summed E-state index contributed by atoms with van der Waals surface area (Å²) < 4.78 is 0. The molecule has 27 heavy (non-hydrogen) atoms. The Morgan fingerprint density at radius 3 is 2.70 bits per heavy atom. The normalized spacial score (nSPS) is 13.9. The summed E-state index contributed by atoms with van der Waals surface area (Å²) in [5.74, 6) is 2.00. The minimum Gasteiger partial charge on any atom is -0.356 e. The van der Waals surface area contributed by atoms with Crippen molar-refractivity contribution in [2.75, 3.05) is 44.0 Å². The van der Waals surface area contributed by atoms with Crippen LogP contribution < -0.4 is 16.0 Å². The Morgan fingerprint density at radius 2 is 2.00 bits per heavy atom. The van der Waals surface area contributed by atoms with E-state index in [0.717, 1.165) is 56.1 Å². The highest BCUT2D eigenvalue weighted by molar-refractivity contribution is 14.0. The van der Waals surface area contributed by atoms with Gasteiger partial charge in [-0.2, -0.15) is 11.8 Å². The molecule has 1 aromatic rings. The monoisotopic (exact) mass is 505 g/mol. The molecule has 1 aromatic carbocycles. The molecule has 0 spiro atoms. The Labute approximate surface area is 184 Å². The van der Waals surface area contributed by atoms with Crippen LogP contribution in [-0.2, 0) is 6.54 Å². The minimum absolute atomic E-state index is 0. The molecule has 1 heterocycles. The molecule has 2 amide bonds. The lowest BCUT2D eigenvalue weighted by Gasteiger charge is -2.17. The Morgan fingerprint density at radius 1 is 1.22 bits per heavy atom. The predicted molar refractivity (Wildman–Crippen MR) is 128 cm³/mol. The molecule has 1 saturated heterocycles. The van der Waals surface area contributed by atoms with E-state index in [1.54, 1.807) is 7.05 Å². The number of carbonyl (C=O) groups is 1. The molecule has 0 atom stereocenters. The molecule has 0 aromatic heterocycles. The van der Waals surface area contributed by atoms with Crippen LogP contribution in [0.5, 0.6) is 0 Å². The molecule has 1 aliphatic rings. The third-order valence-corrected chi connectivity index (χ3v) is 5.02. The van der Waals surface area contributed by atoms with Crippen molar-refractivity contribution < 1.29 is 4.79 Å². The van der Waals surface area contributed by atoms with Crippen molar-refractivity contribution in [2.45, 2.75) is 32.2 Å². The van der Waals surface area contributed by atoms with Crippen LogP contribution in [0, 0.1) is 0 Å². The van der Waals surface area contributed by atoms with E-state index < -0.39 is 0 Å². The largest absolute Gasteiger partial charge is 0.356 e. The molecule has 0 saturated carbocycles. The van der Waals surface area contributed by atoms with E-state index in [0.29, 0.717) is 6.54 Å². The van der Waals surface area contributed by atoms with Gasteiger partial charge in [0.2, 0.25) is 0 Å². The first-order valence-electron chi connectivity index (χ1n) is 9.31. The number of benzene rings is 1. The smallest absolute Gasteiger partial charge is 0.321 e. The number of carbonyl (C=O) groups excluding carboxylic acids is 1. The highest BCUT2D eigenvalue weighted by Crippen LogP contribution is 2.14. The summed E-state index contributed by atoms with van der Waals surface area (Å²) in [6.07, 6.45) is 6.68. The van der Waals surface area contributed by atoms with Crippen LogP contribution in [-0.4, -0.2) is 55.6 Å². The Kier molecular flexibility index (Phi) is 12.3. The maximum absolute atomic E-state index is 12.2. The van der Waals surface area contributed by atoms with Crippen molar-refractivity contribution in [3.05, 3.63) is 29.8 Å². The number of hydrogen-bond donors (Lipinski definition) is 3. The SMILES string of the molecule is CN=C(NCCCCSC)NCc1cccc(NC(=O)N2CCCC2)c1.I. The lowest BCUT2D eigenvalue weighted by atomic mass is 10.2. The number of aliphatic imine (C=N–C) groups is 1. The van der Waals surface area contributed by atoms with Crippen molar-refractivity contribution in [1.29, 1.82) is 0 Å². The van der Waals surface area contributed by atoms with Crippen molar-refractivity contribution in [1.82, 2.24) is 15.5 Å². The number of unbranched alkanes of at least 4 members (excludes halogenated alkanes) is 1. The standard InChI is InChI=1S/C19H31N5OS.HI/c1-20-18(21-10-3-6-13-26-2)22-15-16-8-7-9-17(14-16)23-19(25)24-11-4-5-12-24;/h7-9,14H,3-6,10-13,15H2,1-2H3,(H,23,25)(H2,20,21,22);1H. The summed E-state index contributed by atoms with van der Waals surface area (Å²) in [5.41, 5.74) is 1.94. The van der Waals surface area contributed by atoms with Gasteiger partial charge in [0.15, 0.2) is 5.96 Å². The number of urea groups is 1. The topological polar surface area (TPSA) is 68.8 Å². The molecular formula is C19H32IN5OS. The van der Waals surface area contributed by atoms with Gasteiger partial charge in [-0.3, -0.25) is 4.99 Å². The molecule has 8 heteroatoms. The number of nitrogens with zero attached hydrogens (tertiary/aromatic N) is 2. The molecule has 6 nitrogen and oxygen atoms in total. The van der Waals surface area contributed by atoms with Gasteiger partial charge >= 0.3 is 6.03 Å². The Hall–Kier alpha value is -1.16. The number of rotatable bonds is 8. The average Bonchev–Trinajstić information content (AvgIpc) is 3.19. The predicted octanol–water partition coefficient (Wildman–Crippen LogP) is 3.74. The molecule has 2 rings (SSSR count). The zero-order valence-corrected chi connectivity index (χ0v) is 19.4. The van der Waals surface area contributed by atoms with Crippen molar-refractivity contribution in [2.24, 2.45) is 4.99 Å². The van der Waals surface area contributed by atoms with Gasteiger partial charge in [0, 0.05) is 38.9 Å². The van der Waals surface area contributed by atoms with Gasteiger partial charge in [0.1, 0.15) is 0 Å². The number of halogens is 1. The van der Waals surface area contributed by atoms with Crippen LogP contribution in [0.3, 0.4) is 0 Å². The third-order valence-electron chi connectivity index (χ3n) is 4.32. The second kappa shape index (κ2) is 13.9. The number of guanidine groups is 1. The summed E-state index contributed by atoms with van der Waals surface area (Å²) in [4.78, 5) is 18.3. The Balaban J connectivity index is 0.00000364. The summed E-state index contributed by atoms with van der Waals surface area (Å²) in [7, 11) is 1.78. The summed E-state index contributed by atoms with van der Waals surface area (Å²) in [6, 6.07) is 7.94. The van der Waals surface area contributed by atoms with Gasteiger partial charge in [-0.25, -0.2) is 4.79 Å². The van der Waals surface area contributed by atoms with Crippen LogP contribution in [0.2, 0.25) is 0 Å². The van der Waals surface area contributed by atoms with Crippen molar-refractivity contribution in [3.8, 4) is 0 Å². The molecule has 152 valence electrons. The van der Waals surface area contributed by atoms with Gasteiger partial charge in [-0.1, -0.05) is 12.1 Å². The maximum atomic E-state index is 12.2. The quantitative estimate of drug-likeness (QED) is 0.218. The summed E-state index contributed by atoms with van der Waals surface area (Å²) in [6.45, 7) is 3.29. The van der Waals surface area contributed by atoms with E-state index in [4.69, 9.17) is 0 Å². The van der Waals surface area contributed by atoms with Gasteiger partial charge in [-0.05, 0) is 55.4 Å². The zero-order valence-electron chi connectivity index (χ0n) is 16.3. The van der Waals surface area contributed by atoms with Crippen LogP contribution in [0.25, 0.3) is 0 Å². The summed E-state index contributed by atoms with van der Waals surface area (Å²) in [5, 5.41) is 9.65. The number of thioether (sulfide) groups is 1. The highest BCUT2D eigenvalue weighted by Gasteiger charge is 2.17. The van der Waals surface area contributed by atoms with Crippen molar-refractivity contribution in [3.63, 3.8) is 0 Å². The lowest BCUT2D eigenvalue weighted by molar-refractivity contribution is 0.222. The maximum Gasteiger partial charge on any atom is 0.321 e. The zero-order chi connectivity index (χ0) is 18.6. The lowest BCUT2D eigenvalue weighted by Crippen LogP contribution is -2.37. The van der Waals surface area contributed by atoms with E-state index in [1.807, 2.05) is 40.9 Å². The number of nitrogens with one attached hydrogen (secondary N) is 3. The first-order valence-corrected chi connectivity index (χ1v) is 10.7. The van der Waals surface area contributed by atoms with Gasteiger partial charge in [0.05, 0.1) is 0 Å². The third kappa shape index (κ3) is 9.05. The second-order valence-electron chi connectivity index (χ2n) is 6.38. The van der Waals surface area contributed by atoms with Crippen LogP contribution in [0.1, 0.15) is 31.2 Å². The molecular weight excluding hydrogens is 473 g/mol. The molecule has 3 N–H and O–H groups in total. The van der Waals surface area contributed by atoms with E-state index in [2.05, 4.69) is 27.2 Å². The first-order chi connectivity index (χ1) is 12.7. The number of hydrogen-bond acceptors (Lipinski definition) is 3. The van der Waals surface area contributed by atoms with Crippen LogP contribution >= 0.6 is 35.7 Å². The molecule has 0 aliphatic carbocycles. The van der Waals surface area contributed by atoms with E-state index in [-0.39, 0.29) is 30.0 Å². The molecule has 1 aliphatic heterocycles. The molecule has 1 fully saturated rings. The summed E-state index contributed by atoms with van der Waals surface area (Å²) >= 11 is 1.88. The van der Waals surface area contributed by atoms with Gasteiger partial charge in [0.25, 0.3) is 0 Å². The molecule has 0 bridgehead atoms. The first kappa shape index (κ1) is 23.9. The second-order valence-corrected chi connectivity index (χ2v) is 7.36. The molecule has 0 unspecified atom stereocenters. The van der Waals surface area contributed by atoms with Crippen LogP contribution in [0.15, 0.2) is 29.3 Å². The fourth-order valence-corrected chi connectivity index (χ4v) is 3.36. The fraction of sp³-hybridized carbons (Fsp3) is 0.579. The fourth-order valence-electron chi connectivity index (χ4n) is 2.87. The molecule has 0 radical (unpaired) electrons. The number of amides is 2. The van der Waals surface area contributed by atoms with Crippen LogP contribution in [0.4, 0.5) is 10.5 Å². The van der Waals surface area contributed by atoms with Gasteiger partial charge in [-0.15, -0.1) is 24.0 Å². The van der Waals surface area contributed by atoms with E-state index in [9.17, 15) is 4.79 Å². The number of likely N-dealkylation sites (tertiary alicyclic amines) is 1. The highest BCUT2D eigenvalue weighted by atomic mass is 127. The van der Waals surface area contributed by atoms with Crippen molar-refractivity contribution >= 4 is 53.4 Å². The van der Waals surface area contributed by atoms with E-state index >= 15 is 0 Å². The number of anilines is 1. The van der Waals surface area contributed by atoms with Gasteiger partial charge < -0.3 is 20.9 Å². The van der Waals surface area contributed by atoms with E-state index in [1.165, 1.54) is 12.2 Å². The Bertz CT molecular complexity index is 593. The minimum atomic E-state index is -0.00433. The average molecular weight is 505 g/mol.